The van der Waals surface area contributed by atoms with Gasteiger partial charge in [0.25, 0.3) is 0 Å². The molecule has 0 aromatic rings. The van der Waals surface area contributed by atoms with Gasteiger partial charge >= 0.3 is 0 Å². The third-order valence-electron chi connectivity index (χ3n) is 13.4. The first-order valence-corrected chi connectivity index (χ1v) is 28.2. The average molecular weight is 934 g/mol. The van der Waals surface area contributed by atoms with E-state index >= 15 is 0 Å². The highest BCUT2D eigenvalue weighted by atomic mass is 16.7. The van der Waals surface area contributed by atoms with Gasteiger partial charge in [-0.15, -0.1) is 0 Å². The van der Waals surface area contributed by atoms with Gasteiger partial charge in [-0.2, -0.15) is 0 Å². The fourth-order valence-electron chi connectivity index (χ4n) is 8.93. The lowest BCUT2D eigenvalue weighted by atomic mass is 9.99. The van der Waals surface area contributed by atoms with Crippen LogP contribution in [0.4, 0.5) is 0 Å². The van der Waals surface area contributed by atoms with Gasteiger partial charge in [-0.3, -0.25) is 4.79 Å². The van der Waals surface area contributed by atoms with E-state index < -0.39 is 49.5 Å². The summed E-state index contributed by atoms with van der Waals surface area (Å²) in [6, 6.07) is -0.823. The van der Waals surface area contributed by atoms with Crippen molar-refractivity contribution < 1.29 is 39.8 Å². The molecule has 6 N–H and O–H groups in total. The second-order valence-electron chi connectivity index (χ2n) is 19.7. The largest absolute Gasteiger partial charge is 0.394 e. The number of carbonyl (C=O) groups is 1. The average Bonchev–Trinajstić information content (AvgIpc) is 3.32. The smallest absolute Gasteiger partial charge is 0.220 e. The zero-order valence-electron chi connectivity index (χ0n) is 43.0. The highest BCUT2D eigenvalue weighted by Crippen LogP contribution is 2.23. The number of carbonyl (C=O) groups excluding carboxylic acids is 1. The molecular weight excluding hydrogens is 827 g/mol. The first-order valence-electron chi connectivity index (χ1n) is 28.2. The number of unbranched alkanes of at least 4 members (excludes halogenated alkanes) is 34. The molecule has 9 heteroatoms. The van der Waals surface area contributed by atoms with Crippen LogP contribution in [-0.2, 0) is 14.3 Å². The van der Waals surface area contributed by atoms with E-state index in [4.69, 9.17) is 9.47 Å². The number of rotatable bonds is 48. The van der Waals surface area contributed by atoms with Crippen LogP contribution < -0.4 is 5.32 Å². The van der Waals surface area contributed by atoms with Gasteiger partial charge in [0.15, 0.2) is 6.29 Å². The molecule has 0 spiro atoms. The summed E-state index contributed by atoms with van der Waals surface area (Å²) in [5, 5.41) is 54.4. The first kappa shape index (κ1) is 62.4. The van der Waals surface area contributed by atoms with Crippen molar-refractivity contribution in [1.82, 2.24) is 5.32 Å². The van der Waals surface area contributed by atoms with Crippen molar-refractivity contribution in [1.29, 1.82) is 0 Å². The molecular formula is C57H107NO8. The van der Waals surface area contributed by atoms with E-state index in [1.54, 1.807) is 6.08 Å². The van der Waals surface area contributed by atoms with Gasteiger partial charge in [-0.1, -0.05) is 237 Å². The van der Waals surface area contributed by atoms with Gasteiger partial charge in [0.05, 0.1) is 25.4 Å². The molecule has 1 rings (SSSR count). The van der Waals surface area contributed by atoms with Gasteiger partial charge in [-0.05, 0) is 57.8 Å². The van der Waals surface area contributed by atoms with Gasteiger partial charge in [0, 0.05) is 6.42 Å². The Hall–Kier alpha value is -1.59. The summed E-state index contributed by atoms with van der Waals surface area (Å²) in [7, 11) is 0. The van der Waals surface area contributed by atoms with Crippen molar-refractivity contribution in [3.8, 4) is 0 Å². The Kier molecular flexibility index (Phi) is 44.6. The summed E-state index contributed by atoms with van der Waals surface area (Å²) < 4.78 is 11.2. The molecule has 1 aliphatic rings. The fraction of sp³-hybridized carbons (Fsp3) is 0.877. The summed E-state index contributed by atoms with van der Waals surface area (Å²) in [5.41, 5.74) is 0. The van der Waals surface area contributed by atoms with Crippen LogP contribution in [0.15, 0.2) is 36.5 Å². The van der Waals surface area contributed by atoms with E-state index in [2.05, 4.69) is 43.5 Å². The zero-order chi connectivity index (χ0) is 48.0. The second kappa shape index (κ2) is 47.1. The fourth-order valence-corrected chi connectivity index (χ4v) is 8.93. The molecule has 0 aromatic carbocycles. The molecule has 0 aliphatic carbocycles. The van der Waals surface area contributed by atoms with Crippen LogP contribution in [0.5, 0.6) is 0 Å². The van der Waals surface area contributed by atoms with Crippen molar-refractivity contribution >= 4 is 5.91 Å². The van der Waals surface area contributed by atoms with Crippen LogP contribution in [-0.4, -0.2) is 87.5 Å². The molecule has 9 nitrogen and oxygen atoms in total. The van der Waals surface area contributed by atoms with Gasteiger partial charge in [0.1, 0.15) is 24.4 Å². The quantitative estimate of drug-likeness (QED) is 0.0261. The monoisotopic (exact) mass is 934 g/mol. The molecule has 0 radical (unpaired) electrons. The summed E-state index contributed by atoms with van der Waals surface area (Å²) in [4.78, 5) is 13.0. The summed E-state index contributed by atoms with van der Waals surface area (Å²) >= 11 is 0. The standard InChI is InChI=1S/C57H107NO8/c1-3-5-7-9-11-13-15-17-19-21-22-23-24-25-26-27-28-29-31-32-34-36-38-40-42-44-46-51(60)50(49-65-57-56(64)55(63)54(62)52(48-59)66-57)58-53(61)47-45-43-41-39-37-35-33-30-20-18-16-14-12-10-8-6-4-2/h18,20,36,38,44,46,50-52,54-57,59-60,62-64H,3-17,19,21-35,37,39-43,45,47-49H2,1-2H3,(H,58,61)/b20-18-,38-36+,46-44+. The van der Waals surface area contributed by atoms with E-state index in [9.17, 15) is 30.3 Å². The summed E-state index contributed by atoms with van der Waals surface area (Å²) in [6.45, 7) is 3.78. The lowest BCUT2D eigenvalue weighted by molar-refractivity contribution is -0.302. The highest BCUT2D eigenvalue weighted by Gasteiger charge is 2.44. The SMILES string of the molecule is CCCCCCCC/C=C\CCCCCCCCCC(=O)NC(COC1OC(CO)C(O)C(O)C1O)C(O)/C=C/CC/C=C/CCCCCCCCCCCCCCCCCCCCCC. The van der Waals surface area contributed by atoms with E-state index in [-0.39, 0.29) is 12.5 Å². The first-order chi connectivity index (χ1) is 32.3. The third kappa shape index (κ3) is 36.4. The molecule has 66 heavy (non-hydrogen) atoms. The molecule has 1 fully saturated rings. The number of nitrogens with one attached hydrogen (secondary N) is 1. The number of amides is 1. The Balaban J connectivity index is 2.25. The zero-order valence-corrected chi connectivity index (χ0v) is 43.0. The Morgan fingerprint density at radius 1 is 0.500 bits per heavy atom. The molecule has 7 unspecified atom stereocenters. The molecule has 388 valence electrons. The van der Waals surface area contributed by atoms with E-state index in [0.717, 1.165) is 51.4 Å². The van der Waals surface area contributed by atoms with Crippen LogP contribution >= 0.6 is 0 Å². The normalized spacial score (nSPS) is 20.0. The number of hydrogen-bond donors (Lipinski definition) is 6. The second-order valence-corrected chi connectivity index (χ2v) is 19.7. The maximum Gasteiger partial charge on any atom is 0.220 e. The molecule has 1 heterocycles. The molecule has 0 saturated carbocycles. The van der Waals surface area contributed by atoms with Crippen LogP contribution in [0, 0.1) is 0 Å². The van der Waals surface area contributed by atoms with Crippen LogP contribution in [0.3, 0.4) is 0 Å². The van der Waals surface area contributed by atoms with Crippen molar-refractivity contribution in [2.75, 3.05) is 13.2 Å². The maximum atomic E-state index is 13.0. The minimum absolute atomic E-state index is 0.189. The van der Waals surface area contributed by atoms with Crippen LogP contribution in [0.25, 0.3) is 0 Å². The van der Waals surface area contributed by atoms with Crippen molar-refractivity contribution in [2.24, 2.45) is 0 Å². The molecule has 0 bridgehead atoms. The van der Waals surface area contributed by atoms with Gasteiger partial charge < -0.3 is 40.3 Å². The number of hydrogen-bond acceptors (Lipinski definition) is 8. The van der Waals surface area contributed by atoms with Crippen LogP contribution in [0.2, 0.25) is 0 Å². The number of allylic oxidation sites excluding steroid dienone is 5. The summed E-state index contributed by atoms with van der Waals surface area (Å²) in [6.07, 6.45) is 53.5. The van der Waals surface area contributed by atoms with Gasteiger partial charge in [0.2, 0.25) is 5.91 Å². The molecule has 0 aromatic heterocycles. The molecule has 1 saturated heterocycles. The molecule has 1 aliphatic heterocycles. The van der Waals surface area contributed by atoms with E-state index in [1.807, 2.05) is 6.08 Å². The topological polar surface area (TPSA) is 149 Å². The molecule has 7 atom stereocenters. The molecule has 1 amide bonds. The van der Waals surface area contributed by atoms with E-state index in [0.29, 0.717) is 6.42 Å². The number of aliphatic hydroxyl groups excluding tert-OH is 5. The minimum Gasteiger partial charge on any atom is -0.394 e. The third-order valence-corrected chi connectivity index (χ3v) is 13.4. The Morgan fingerprint density at radius 2 is 0.864 bits per heavy atom. The van der Waals surface area contributed by atoms with E-state index in [1.165, 1.54) is 193 Å². The summed E-state index contributed by atoms with van der Waals surface area (Å²) in [5.74, 6) is -0.189. The van der Waals surface area contributed by atoms with Crippen LogP contribution in [0.1, 0.15) is 264 Å². The Morgan fingerprint density at radius 3 is 1.27 bits per heavy atom. The number of aliphatic hydroxyl groups is 5. The maximum absolute atomic E-state index is 13.0. The number of ether oxygens (including phenoxy) is 2. The van der Waals surface area contributed by atoms with Crippen molar-refractivity contribution in [3.63, 3.8) is 0 Å². The minimum atomic E-state index is -1.57. The highest BCUT2D eigenvalue weighted by molar-refractivity contribution is 5.76. The predicted molar refractivity (Wildman–Crippen MR) is 276 cm³/mol. The lowest BCUT2D eigenvalue weighted by Gasteiger charge is -2.40. The predicted octanol–water partition coefficient (Wildman–Crippen LogP) is 13.6. The lowest BCUT2D eigenvalue weighted by Crippen LogP contribution is -2.60. The van der Waals surface area contributed by atoms with Crippen molar-refractivity contribution in [3.05, 3.63) is 36.5 Å². The van der Waals surface area contributed by atoms with Gasteiger partial charge in [-0.25, -0.2) is 0 Å². The Labute approximate surface area is 406 Å². The Bertz CT molecular complexity index is 1130. The van der Waals surface area contributed by atoms with Crippen molar-refractivity contribution in [2.45, 2.75) is 307 Å².